The summed E-state index contributed by atoms with van der Waals surface area (Å²) in [7, 11) is 0. The highest BCUT2D eigenvalue weighted by Crippen LogP contribution is 2.20. The Morgan fingerprint density at radius 2 is 1.79 bits per heavy atom. The highest BCUT2D eigenvalue weighted by atomic mass is 19.3. The monoisotopic (exact) mass is 204 g/mol. The van der Waals surface area contributed by atoms with E-state index in [1.807, 2.05) is 0 Å². The molecule has 0 aliphatic rings. The van der Waals surface area contributed by atoms with Crippen LogP contribution < -0.4 is 0 Å². The number of halogens is 3. The van der Waals surface area contributed by atoms with E-state index in [1.54, 1.807) is 0 Å². The van der Waals surface area contributed by atoms with Crippen molar-refractivity contribution < 1.29 is 18.3 Å². The van der Waals surface area contributed by atoms with Crippen molar-refractivity contribution in [3.05, 3.63) is 35.6 Å². The first kappa shape index (κ1) is 11.0. The SMILES string of the molecule is CC(O)(Cc1ccc(F)cc1)C(F)F. The fraction of sp³-hybridized carbons (Fsp3) is 0.400. The van der Waals surface area contributed by atoms with Crippen LogP contribution in [0.4, 0.5) is 13.2 Å². The third-order valence-corrected chi connectivity index (χ3v) is 1.95. The van der Waals surface area contributed by atoms with Crippen LogP contribution >= 0.6 is 0 Å². The Labute approximate surface area is 80.2 Å². The second-order valence-electron chi connectivity index (χ2n) is 3.46. The van der Waals surface area contributed by atoms with Crippen LogP contribution in [0.3, 0.4) is 0 Å². The standard InChI is InChI=1S/C10H11F3O/c1-10(14,9(12)13)6-7-2-4-8(11)5-3-7/h2-5,9,14H,6H2,1H3. The van der Waals surface area contributed by atoms with Crippen molar-refractivity contribution in [3.63, 3.8) is 0 Å². The topological polar surface area (TPSA) is 20.2 Å². The fourth-order valence-electron chi connectivity index (χ4n) is 1.09. The van der Waals surface area contributed by atoms with E-state index < -0.39 is 17.8 Å². The normalized spacial score (nSPS) is 15.6. The molecule has 78 valence electrons. The van der Waals surface area contributed by atoms with Crippen molar-refractivity contribution in [1.82, 2.24) is 0 Å². The van der Waals surface area contributed by atoms with Crippen molar-refractivity contribution in [2.45, 2.75) is 25.4 Å². The minimum atomic E-state index is -2.81. The van der Waals surface area contributed by atoms with Gasteiger partial charge in [-0.15, -0.1) is 0 Å². The van der Waals surface area contributed by atoms with Gasteiger partial charge in [0.25, 0.3) is 6.43 Å². The van der Waals surface area contributed by atoms with Gasteiger partial charge in [-0.25, -0.2) is 13.2 Å². The second kappa shape index (κ2) is 4.00. The molecule has 1 aromatic rings. The molecule has 0 aliphatic heterocycles. The summed E-state index contributed by atoms with van der Waals surface area (Å²) < 4.78 is 37.0. The maximum Gasteiger partial charge on any atom is 0.266 e. The predicted molar refractivity (Wildman–Crippen MR) is 46.7 cm³/mol. The summed E-state index contributed by atoms with van der Waals surface area (Å²) in [4.78, 5) is 0. The molecule has 1 unspecified atom stereocenters. The molecule has 0 saturated heterocycles. The van der Waals surface area contributed by atoms with E-state index in [0.29, 0.717) is 5.56 Å². The average molecular weight is 204 g/mol. The second-order valence-corrected chi connectivity index (χ2v) is 3.46. The fourth-order valence-corrected chi connectivity index (χ4v) is 1.09. The van der Waals surface area contributed by atoms with Crippen molar-refractivity contribution in [3.8, 4) is 0 Å². The van der Waals surface area contributed by atoms with Crippen LogP contribution in [-0.2, 0) is 6.42 Å². The van der Waals surface area contributed by atoms with Gasteiger partial charge in [0, 0.05) is 6.42 Å². The molecular weight excluding hydrogens is 193 g/mol. The van der Waals surface area contributed by atoms with Crippen molar-refractivity contribution >= 4 is 0 Å². The molecule has 0 saturated carbocycles. The number of benzene rings is 1. The Hall–Kier alpha value is -1.03. The molecule has 1 aromatic carbocycles. The molecular formula is C10H11F3O. The Kier molecular flexibility index (Phi) is 3.16. The van der Waals surface area contributed by atoms with Crippen LogP contribution in [0.2, 0.25) is 0 Å². The van der Waals surface area contributed by atoms with Crippen molar-refractivity contribution in [2.24, 2.45) is 0 Å². The van der Waals surface area contributed by atoms with Gasteiger partial charge in [0.05, 0.1) is 0 Å². The summed E-state index contributed by atoms with van der Waals surface area (Å²) >= 11 is 0. The Morgan fingerprint density at radius 1 is 1.29 bits per heavy atom. The molecule has 14 heavy (non-hydrogen) atoms. The molecule has 1 N–H and O–H groups in total. The maximum absolute atomic E-state index is 12.5. The number of hydrogen-bond donors (Lipinski definition) is 1. The third kappa shape index (κ3) is 2.73. The zero-order valence-electron chi connectivity index (χ0n) is 7.67. The zero-order valence-corrected chi connectivity index (χ0v) is 7.67. The van der Waals surface area contributed by atoms with Gasteiger partial charge in [0.1, 0.15) is 11.4 Å². The first-order valence-electron chi connectivity index (χ1n) is 4.17. The lowest BCUT2D eigenvalue weighted by molar-refractivity contribution is -0.0821. The summed E-state index contributed by atoms with van der Waals surface area (Å²) in [5.74, 6) is -0.426. The largest absolute Gasteiger partial charge is 0.384 e. The van der Waals surface area contributed by atoms with Crippen LogP contribution in [0.25, 0.3) is 0 Å². The molecule has 0 heterocycles. The van der Waals surface area contributed by atoms with E-state index >= 15 is 0 Å². The van der Waals surface area contributed by atoms with Gasteiger partial charge in [0.15, 0.2) is 0 Å². The molecule has 0 spiro atoms. The van der Waals surface area contributed by atoms with Crippen LogP contribution in [0, 0.1) is 5.82 Å². The molecule has 1 atom stereocenters. The summed E-state index contributed by atoms with van der Waals surface area (Å²) in [5, 5.41) is 9.27. The Balaban J connectivity index is 2.74. The predicted octanol–water partition coefficient (Wildman–Crippen LogP) is 2.38. The van der Waals surface area contributed by atoms with Gasteiger partial charge in [0.2, 0.25) is 0 Å². The highest BCUT2D eigenvalue weighted by Gasteiger charge is 2.32. The van der Waals surface area contributed by atoms with Crippen LogP contribution in [0.5, 0.6) is 0 Å². The number of alkyl halides is 2. The van der Waals surface area contributed by atoms with Crippen LogP contribution in [0.15, 0.2) is 24.3 Å². The summed E-state index contributed by atoms with van der Waals surface area (Å²) in [6.07, 6.45) is -3.00. The smallest absolute Gasteiger partial charge is 0.266 e. The van der Waals surface area contributed by atoms with Crippen molar-refractivity contribution in [2.75, 3.05) is 0 Å². The number of hydrogen-bond acceptors (Lipinski definition) is 1. The highest BCUT2D eigenvalue weighted by molar-refractivity contribution is 5.18. The lowest BCUT2D eigenvalue weighted by atomic mass is 9.97. The van der Waals surface area contributed by atoms with Gasteiger partial charge in [-0.1, -0.05) is 12.1 Å². The first-order valence-corrected chi connectivity index (χ1v) is 4.17. The van der Waals surface area contributed by atoms with Crippen LogP contribution in [-0.4, -0.2) is 17.1 Å². The van der Waals surface area contributed by atoms with Gasteiger partial charge in [-0.3, -0.25) is 0 Å². The van der Waals surface area contributed by atoms with Gasteiger partial charge in [-0.05, 0) is 24.6 Å². The first-order chi connectivity index (χ1) is 6.42. The van der Waals surface area contributed by atoms with E-state index in [2.05, 4.69) is 0 Å². The minimum Gasteiger partial charge on any atom is -0.384 e. The summed E-state index contributed by atoms with van der Waals surface area (Å²) in [5.41, 5.74) is -1.57. The van der Waals surface area contributed by atoms with Gasteiger partial charge >= 0.3 is 0 Å². The molecule has 0 aromatic heterocycles. The molecule has 0 bridgehead atoms. The number of rotatable bonds is 3. The lowest BCUT2D eigenvalue weighted by Crippen LogP contribution is -2.35. The summed E-state index contributed by atoms with van der Waals surface area (Å²) in [6.45, 7) is 1.06. The number of aliphatic hydroxyl groups is 1. The third-order valence-electron chi connectivity index (χ3n) is 1.95. The van der Waals surface area contributed by atoms with Crippen molar-refractivity contribution in [1.29, 1.82) is 0 Å². The molecule has 1 rings (SSSR count). The Morgan fingerprint density at radius 3 is 2.21 bits per heavy atom. The quantitative estimate of drug-likeness (QED) is 0.801. The zero-order chi connectivity index (χ0) is 10.8. The van der Waals surface area contributed by atoms with E-state index in [0.717, 1.165) is 6.92 Å². The molecule has 0 amide bonds. The van der Waals surface area contributed by atoms with E-state index in [-0.39, 0.29) is 6.42 Å². The molecule has 0 fully saturated rings. The lowest BCUT2D eigenvalue weighted by Gasteiger charge is -2.21. The minimum absolute atomic E-state index is 0.190. The molecule has 0 radical (unpaired) electrons. The maximum atomic E-state index is 12.5. The van der Waals surface area contributed by atoms with Gasteiger partial charge in [-0.2, -0.15) is 0 Å². The molecule has 0 aliphatic carbocycles. The van der Waals surface area contributed by atoms with E-state index in [1.165, 1.54) is 24.3 Å². The van der Waals surface area contributed by atoms with E-state index in [4.69, 9.17) is 0 Å². The summed E-state index contributed by atoms with van der Waals surface area (Å²) in [6, 6.07) is 5.12. The Bertz CT molecular complexity index is 293. The molecule has 1 nitrogen and oxygen atoms in total. The van der Waals surface area contributed by atoms with Gasteiger partial charge < -0.3 is 5.11 Å². The molecule has 4 heteroatoms. The average Bonchev–Trinajstić information content (AvgIpc) is 2.08. The van der Waals surface area contributed by atoms with E-state index in [9.17, 15) is 18.3 Å². The van der Waals surface area contributed by atoms with Crippen LogP contribution in [0.1, 0.15) is 12.5 Å².